The van der Waals surface area contributed by atoms with Crippen LogP contribution >= 0.6 is 15.9 Å². The minimum atomic E-state index is -0.583. The van der Waals surface area contributed by atoms with Crippen LogP contribution in [0.2, 0.25) is 0 Å². The van der Waals surface area contributed by atoms with Gasteiger partial charge in [0.05, 0.1) is 27.8 Å². The molecular weight excluding hydrogens is 634 g/mol. The normalized spacial score (nSPS) is 14.2. The molecule has 45 heavy (non-hydrogen) atoms. The van der Waals surface area contributed by atoms with Crippen LogP contribution in [0, 0.1) is 10.1 Å². The summed E-state index contributed by atoms with van der Waals surface area (Å²) in [5.41, 5.74) is 4.51. The smallest absolute Gasteiger partial charge is 0.270 e. The number of non-ortho nitro benzene ring substituents is 1. The molecule has 9 heteroatoms. The van der Waals surface area contributed by atoms with Crippen LogP contribution in [0.25, 0.3) is 0 Å². The third kappa shape index (κ3) is 6.39. The van der Waals surface area contributed by atoms with Gasteiger partial charge in [-0.1, -0.05) is 91.0 Å². The van der Waals surface area contributed by atoms with E-state index in [-0.39, 0.29) is 23.7 Å². The van der Waals surface area contributed by atoms with E-state index in [1.54, 1.807) is 18.1 Å². The Morgan fingerprint density at radius 1 is 0.778 bits per heavy atom. The van der Waals surface area contributed by atoms with Gasteiger partial charge in [0.2, 0.25) is 0 Å². The second-order valence-corrected chi connectivity index (χ2v) is 11.5. The highest BCUT2D eigenvalue weighted by Gasteiger charge is 2.40. The van der Waals surface area contributed by atoms with Crippen molar-refractivity contribution in [2.45, 2.75) is 25.9 Å². The average molecular weight is 665 g/mol. The maximum Gasteiger partial charge on any atom is 0.270 e. The van der Waals surface area contributed by atoms with E-state index < -0.39 is 11.1 Å². The first-order valence-corrected chi connectivity index (χ1v) is 15.2. The van der Waals surface area contributed by atoms with Crippen molar-refractivity contribution in [3.63, 3.8) is 0 Å². The van der Waals surface area contributed by atoms with E-state index in [0.29, 0.717) is 34.8 Å². The highest BCUT2D eigenvalue weighted by molar-refractivity contribution is 9.10. The first-order chi connectivity index (χ1) is 21.9. The number of hydrogen-bond acceptors (Lipinski definition) is 6. The molecule has 8 nitrogen and oxygen atoms in total. The Morgan fingerprint density at radius 2 is 1.36 bits per heavy atom. The topological polar surface area (TPSA) is 85.1 Å². The van der Waals surface area contributed by atoms with Gasteiger partial charge in [-0.3, -0.25) is 14.9 Å². The van der Waals surface area contributed by atoms with Gasteiger partial charge >= 0.3 is 0 Å². The summed E-state index contributed by atoms with van der Waals surface area (Å²) >= 11 is 3.72. The predicted molar refractivity (Wildman–Crippen MR) is 176 cm³/mol. The van der Waals surface area contributed by atoms with E-state index in [9.17, 15) is 14.9 Å². The summed E-state index contributed by atoms with van der Waals surface area (Å²) in [5.74, 6) is 0.760. The fourth-order valence-electron chi connectivity index (χ4n) is 5.63. The number of nitrogens with zero attached hydrogens (tertiary/aromatic N) is 3. The Kier molecular flexibility index (Phi) is 8.79. The molecular formula is C36H30BrN3O5. The number of hydrogen-bond donors (Lipinski definition) is 0. The summed E-state index contributed by atoms with van der Waals surface area (Å²) in [4.78, 5) is 29.5. The molecule has 0 saturated carbocycles. The van der Waals surface area contributed by atoms with Crippen molar-refractivity contribution < 1.29 is 19.2 Å². The maximum absolute atomic E-state index is 14.4. The van der Waals surface area contributed by atoms with Crippen LogP contribution in [-0.4, -0.2) is 22.8 Å². The second-order valence-electron chi connectivity index (χ2n) is 10.7. The predicted octanol–water partition coefficient (Wildman–Crippen LogP) is 8.31. The number of ether oxygens (including phenoxy) is 2. The number of amides is 1. The largest absolute Gasteiger partial charge is 0.493 e. The summed E-state index contributed by atoms with van der Waals surface area (Å²) in [6.07, 6.45) is -0.583. The zero-order valence-electron chi connectivity index (χ0n) is 24.5. The third-order valence-corrected chi connectivity index (χ3v) is 8.34. The molecule has 0 bridgehead atoms. The van der Waals surface area contributed by atoms with Crippen molar-refractivity contribution in [1.82, 2.24) is 4.90 Å². The van der Waals surface area contributed by atoms with E-state index in [2.05, 4.69) is 20.8 Å². The van der Waals surface area contributed by atoms with E-state index in [1.165, 1.54) is 12.1 Å². The van der Waals surface area contributed by atoms with Gasteiger partial charge < -0.3 is 19.3 Å². The molecule has 0 unspecified atom stereocenters. The van der Waals surface area contributed by atoms with Gasteiger partial charge in [0.15, 0.2) is 11.5 Å². The fraction of sp³-hybridized carbons (Fsp3) is 0.139. The Labute approximate surface area is 269 Å². The lowest BCUT2D eigenvalue weighted by atomic mass is 9.98. The standard InChI is InChI=1S/C36H30BrN3O5/c1-44-33-20-28(19-31(37)34(33)45-24-27-15-9-4-10-16-27)35-38(22-25-11-5-2-6-12-25)32-18-17-29(40(42)43)21-30(32)36(41)39(35)23-26-13-7-3-8-14-26/h2-21,35H,22-24H2,1H3/t35-/m0/s1. The van der Waals surface area contributed by atoms with Crippen LogP contribution in [0.3, 0.4) is 0 Å². The van der Waals surface area contributed by atoms with Gasteiger partial charge in [-0.15, -0.1) is 0 Å². The lowest BCUT2D eigenvalue weighted by Crippen LogP contribution is -2.48. The molecule has 0 spiro atoms. The van der Waals surface area contributed by atoms with Gasteiger partial charge in [-0.2, -0.15) is 0 Å². The number of anilines is 1. The van der Waals surface area contributed by atoms with Crippen molar-refractivity contribution in [3.05, 3.63) is 164 Å². The number of nitro groups is 1. The van der Waals surface area contributed by atoms with E-state index >= 15 is 0 Å². The fourth-order valence-corrected chi connectivity index (χ4v) is 6.21. The molecule has 1 aliphatic heterocycles. The lowest BCUT2D eigenvalue weighted by molar-refractivity contribution is -0.384. The van der Waals surface area contributed by atoms with E-state index in [1.807, 2.05) is 103 Å². The van der Waals surface area contributed by atoms with Crippen LogP contribution in [0.1, 0.15) is 38.8 Å². The molecule has 226 valence electrons. The molecule has 0 saturated heterocycles. The lowest BCUT2D eigenvalue weighted by Gasteiger charge is -2.46. The number of fused-ring (bicyclic) bond motifs is 1. The van der Waals surface area contributed by atoms with E-state index in [4.69, 9.17) is 9.47 Å². The molecule has 0 fully saturated rings. The maximum atomic E-state index is 14.4. The molecule has 5 aromatic rings. The van der Waals surface area contributed by atoms with Crippen molar-refractivity contribution >= 4 is 33.2 Å². The second kappa shape index (κ2) is 13.2. The van der Waals surface area contributed by atoms with Crippen molar-refractivity contribution in [1.29, 1.82) is 0 Å². The number of carbonyl (C=O) groups excluding carboxylic acids is 1. The first kappa shape index (κ1) is 29.9. The van der Waals surface area contributed by atoms with Gasteiger partial charge in [0, 0.05) is 25.2 Å². The monoisotopic (exact) mass is 663 g/mol. The number of carbonyl (C=O) groups is 1. The Hall–Kier alpha value is -5.15. The van der Waals surface area contributed by atoms with Crippen molar-refractivity contribution in [2.75, 3.05) is 12.0 Å². The van der Waals surface area contributed by atoms with Crippen LogP contribution in [-0.2, 0) is 19.7 Å². The molecule has 1 atom stereocenters. The van der Waals surface area contributed by atoms with Gasteiger partial charge in [0.1, 0.15) is 12.8 Å². The number of benzene rings is 5. The molecule has 1 aliphatic rings. The minimum Gasteiger partial charge on any atom is -0.493 e. The van der Waals surface area contributed by atoms with E-state index in [0.717, 1.165) is 22.3 Å². The molecule has 5 aromatic carbocycles. The van der Waals surface area contributed by atoms with Gasteiger partial charge in [-0.25, -0.2) is 0 Å². The van der Waals surface area contributed by atoms with Crippen LogP contribution in [0.5, 0.6) is 11.5 Å². The summed E-state index contributed by atoms with van der Waals surface area (Å²) in [7, 11) is 1.59. The van der Waals surface area contributed by atoms with Gasteiger partial charge in [-0.05, 0) is 56.4 Å². The zero-order valence-corrected chi connectivity index (χ0v) is 26.1. The SMILES string of the molecule is COc1cc([C@@H]2N(Cc3ccccc3)C(=O)c3cc([N+](=O)[O-])ccc3N2Cc2ccccc2)cc(Br)c1OCc1ccccc1. The summed E-state index contributed by atoms with van der Waals surface area (Å²) in [6, 6.07) is 37.9. The highest BCUT2D eigenvalue weighted by atomic mass is 79.9. The summed E-state index contributed by atoms with van der Waals surface area (Å²) in [6.45, 7) is 1.08. The Bertz CT molecular complexity index is 1820. The third-order valence-electron chi connectivity index (χ3n) is 7.75. The number of methoxy groups -OCH3 is 1. The number of rotatable bonds is 10. The van der Waals surface area contributed by atoms with Crippen LogP contribution < -0.4 is 14.4 Å². The van der Waals surface area contributed by atoms with Crippen LogP contribution in [0.15, 0.2) is 126 Å². The van der Waals surface area contributed by atoms with Crippen molar-refractivity contribution in [3.8, 4) is 11.5 Å². The Morgan fingerprint density at radius 3 is 1.93 bits per heavy atom. The number of nitro benzene ring substituents is 1. The van der Waals surface area contributed by atoms with Crippen LogP contribution in [0.4, 0.5) is 11.4 Å². The molecule has 6 rings (SSSR count). The summed E-state index contributed by atoms with van der Waals surface area (Å²) < 4.78 is 12.7. The molecule has 1 heterocycles. The Balaban J connectivity index is 1.49. The minimum absolute atomic E-state index is 0.135. The van der Waals surface area contributed by atoms with Gasteiger partial charge in [0.25, 0.3) is 11.6 Å². The molecule has 1 amide bonds. The molecule has 0 N–H and O–H groups in total. The zero-order chi connectivity index (χ0) is 31.3. The molecule has 0 aromatic heterocycles. The number of halogens is 1. The molecule has 0 radical (unpaired) electrons. The van der Waals surface area contributed by atoms with Crippen molar-refractivity contribution in [2.24, 2.45) is 0 Å². The summed E-state index contributed by atoms with van der Waals surface area (Å²) in [5, 5.41) is 11.7. The molecule has 0 aliphatic carbocycles. The highest BCUT2D eigenvalue weighted by Crippen LogP contribution is 2.46. The average Bonchev–Trinajstić information content (AvgIpc) is 3.07. The quantitative estimate of drug-likeness (QED) is 0.110. The first-order valence-electron chi connectivity index (χ1n) is 14.4.